The van der Waals surface area contributed by atoms with Crippen LogP contribution in [0.2, 0.25) is 0 Å². The van der Waals surface area contributed by atoms with E-state index in [0.717, 1.165) is 17.7 Å². The molecule has 0 unspecified atom stereocenters. The predicted molar refractivity (Wildman–Crippen MR) is 82.0 cm³/mol. The number of nitrogens with zero attached hydrogens (tertiary/aromatic N) is 1. The smallest absolute Gasteiger partial charge is 0.269 e. The van der Waals surface area contributed by atoms with Gasteiger partial charge in [0, 0.05) is 23.3 Å². The number of quaternary nitrogens is 1. The van der Waals surface area contributed by atoms with Crippen molar-refractivity contribution >= 4 is 5.69 Å². The van der Waals surface area contributed by atoms with Crippen LogP contribution in [-0.2, 0) is 13.1 Å². The van der Waals surface area contributed by atoms with Gasteiger partial charge in [0.25, 0.3) is 5.69 Å². The number of benzene rings is 2. The van der Waals surface area contributed by atoms with Crippen LogP contribution in [0.15, 0.2) is 42.5 Å². The first-order valence-electron chi connectivity index (χ1n) is 6.90. The lowest BCUT2D eigenvalue weighted by Crippen LogP contribution is -2.80. The van der Waals surface area contributed by atoms with E-state index in [2.05, 4.69) is 5.32 Å². The maximum Gasteiger partial charge on any atom is 0.269 e. The lowest BCUT2D eigenvalue weighted by molar-refractivity contribution is -0.686. The van der Waals surface area contributed by atoms with E-state index in [1.54, 1.807) is 26.4 Å². The molecule has 2 aromatic rings. The Kier molecular flexibility index (Phi) is 5.32. The summed E-state index contributed by atoms with van der Waals surface area (Å²) in [4.78, 5) is 10.4. The van der Waals surface area contributed by atoms with Crippen molar-refractivity contribution in [3.63, 3.8) is 0 Å². The molecule has 2 aromatic carbocycles. The SMILES string of the molecule is COc1ccc(C[NH2+]Cc2cccc([N+](=O)[O-])c2)cc1OC. The van der Waals surface area contributed by atoms with Crippen molar-refractivity contribution in [3.8, 4) is 11.5 Å². The van der Waals surface area contributed by atoms with Crippen molar-refractivity contribution in [2.45, 2.75) is 13.1 Å². The summed E-state index contributed by atoms with van der Waals surface area (Å²) in [6, 6.07) is 12.5. The number of hydrogen-bond acceptors (Lipinski definition) is 4. The highest BCUT2D eigenvalue weighted by Crippen LogP contribution is 2.27. The first-order chi connectivity index (χ1) is 10.6. The molecule has 6 heteroatoms. The Balaban J connectivity index is 1.96. The molecule has 0 atom stereocenters. The molecule has 0 saturated carbocycles. The Labute approximate surface area is 128 Å². The molecule has 2 N–H and O–H groups in total. The average molecular weight is 303 g/mol. The summed E-state index contributed by atoms with van der Waals surface area (Å²) in [5, 5.41) is 12.8. The normalized spacial score (nSPS) is 10.3. The van der Waals surface area contributed by atoms with Gasteiger partial charge in [0.05, 0.1) is 19.1 Å². The fourth-order valence-electron chi connectivity index (χ4n) is 2.21. The Hall–Kier alpha value is -2.60. The molecule has 0 amide bonds. The minimum atomic E-state index is -0.377. The van der Waals surface area contributed by atoms with Crippen molar-refractivity contribution in [2.24, 2.45) is 0 Å². The number of nitrogens with two attached hydrogens (primary N) is 1. The van der Waals surface area contributed by atoms with Gasteiger partial charge in [-0.25, -0.2) is 0 Å². The van der Waals surface area contributed by atoms with E-state index in [0.29, 0.717) is 18.0 Å². The minimum absolute atomic E-state index is 0.122. The molecule has 0 aliphatic rings. The number of nitro groups is 1. The predicted octanol–water partition coefficient (Wildman–Crippen LogP) is 1.88. The van der Waals surface area contributed by atoms with Gasteiger partial charge >= 0.3 is 0 Å². The molecule has 6 nitrogen and oxygen atoms in total. The number of hydrogen-bond donors (Lipinski definition) is 1. The standard InChI is InChI=1S/C16H18N2O4/c1-21-15-7-6-13(9-16(15)22-2)11-17-10-12-4-3-5-14(8-12)18(19)20/h3-9,17H,10-11H2,1-2H3/p+1. The number of rotatable bonds is 7. The van der Waals surface area contributed by atoms with Gasteiger partial charge in [-0.15, -0.1) is 0 Å². The van der Waals surface area contributed by atoms with Crippen LogP contribution in [0.4, 0.5) is 5.69 Å². The van der Waals surface area contributed by atoms with E-state index >= 15 is 0 Å². The Bertz CT molecular complexity index is 658. The summed E-state index contributed by atoms with van der Waals surface area (Å²) in [6.07, 6.45) is 0. The van der Waals surface area contributed by atoms with E-state index in [-0.39, 0.29) is 10.6 Å². The summed E-state index contributed by atoms with van der Waals surface area (Å²) in [5.74, 6) is 1.40. The summed E-state index contributed by atoms with van der Waals surface area (Å²) in [7, 11) is 3.21. The highest BCUT2D eigenvalue weighted by Gasteiger charge is 2.08. The number of nitro benzene ring substituents is 1. The third kappa shape index (κ3) is 3.95. The zero-order valence-electron chi connectivity index (χ0n) is 12.6. The lowest BCUT2D eigenvalue weighted by Gasteiger charge is -2.09. The molecule has 0 heterocycles. The van der Waals surface area contributed by atoms with E-state index in [1.807, 2.05) is 24.3 Å². The molecular formula is C16H19N2O4+. The van der Waals surface area contributed by atoms with Crippen molar-refractivity contribution in [1.29, 1.82) is 0 Å². The summed E-state index contributed by atoms with van der Waals surface area (Å²) in [5.41, 5.74) is 2.15. The van der Waals surface area contributed by atoms with Crippen LogP contribution in [0, 0.1) is 10.1 Å². The molecule has 0 saturated heterocycles. The third-order valence-corrected chi connectivity index (χ3v) is 3.33. The molecule has 22 heavy (non-hydrogen) atoms. The van der Waals surface area contributed by atoms with Crippen molar-refractivity contribution in [1.82, 2.24) is 0 Å². The molecular weight excluding hydrogens is 284 g/mol. The van der Waals surface area contributed by atoms with Gasteiger partial charge < -0.3 is 14.8 Å². The van der Waals surface area contributed by atoms with Gasteiger partial charge in [0.1, 0.15) is 13.1 Å². The minimum Gasteiger partial charge on any atom is -0.493 e. The monoisotopic (exact) mass is 303 g/mol. The third-order valence-electron chi connectivity index (χ3n) is 3.33. The summed E-state index contributed by atoms with van der Waals surface area (Å²) >= 11 is 0. The van der Waals surface area contributed by atoms with Gasteiger partial charge in [-0.3, -0.25) is 10.1 Å². The second-order valence-corrected chi connectivity index (χ2v) is 4.81. The van der Waals surface area contributed by atoms with E-state index < -0.39 is 0 Å². The van der Waals surface area contributed by atoms with Gasteiger partial charge in [-0.2, -0.15) is 0 Å². The fraction of sp³-hybridized carbons (Fsp3) is 0.250. The lowest BCUT2D eigenvalue weighted by atomic mass is 10.1. The Morgan fingerprint density at radius 2 is 1.68 bits per heavy atom. The Morgan fingerprint density at radius 3 is 2.32 bits per heavy atom. The number of ether oxygens (including phenoxy) is 2. The first-order valence-corrected chi connectivity index (χ1v) is 6.90. The molecule has 0 aromatic heterocycles. The van der Waals surface area contributed by atoms with E-state index in [4.69, 9.17) is 9.47 Å². The second kappa shape index (κ2) is 7.42. The van der Waals surface area contributed by atoms with Crippen LogP contribution in [0.3, 0.4) is 0 Å². The Morgan fingerprint density at radius 1 is 1.00 bits per heavy atom. The fourth-order valence-corrected chi connectivity index (χ4v) is 2.21. The summed E-state index contributed by atoms with van der Waals surface area (Å²) < 4.78 is 10.5. The molecule has 0 bridgehead atoms. The quantitative estimate of drug-likeness (QED) is 0.625. The molecule has 2 rings (SSSR count). The highest BCUT2D eigenvalue weighted by atomic mass is 16.6. The van der Waals surface area contributed by atoms with Crippen LogP contribution < -0.4 is 14.8 Å². The number of methoxy groups -OCH3 is 2. The van der Waals surface area contributed by atoms with Gasteiger partial charge in [-0.1, -0.05) is 12.1 Å². The first kappa shape index (κ1) is 15.8. The summed E-state index contributed by atoms with van der Waals surface area (Å²) in [6.45, 7) is 1.43. The zero-order valence-corrected chi connectivity index (χ0v) is 12.6. The molecule has 0 spiro atoms. The van der Waals surface area contributed by atoms with Crippen LogP contribution >= 0.6 is 0 Å². The van der Waals surface area contributed by atoms with Crippen LogP contribution in [-0.4, -0.2) is 19.1 Å². The zero-order chi connectivity index (χ0) is 15.9. The van der Waals surface area contributed by atoms with E-state index in [9.17, 15) is 10.1 Å². The van der Waals surface area contributed by atoms with Crippen LogP contribution in [0.25, 0.3) is 0 Å². The largest absolute Gasteiger partial charge is 0.493 e. The van der Waals surface area contributed by atoms with E-state index in [1.165, 1.54) is 6.07 Å². The van der Waals surface area contributed by atoms with Crippen molar-refractivity contribution in [2.75, 3.05) is 14.2 Å². The molecule has 116 valence electrons. The van der Waals surface area contributed by atoms with Gasteiger partial charge in [0.15, 0.2) is 11.5 Å². The average Bonchev–Trinajstić information content (AvgIpc) is 2.55. The van der Waals surface area contributed by atoms with Gasteiger partial charge in [0.2, 0.25) is 0 Å². The van der Waals surface area contributed by atoms with Crippen LogP contribution in [0.1, 0.15) is 11.1 Å². The topological polar surface area (TPSA) is 78.2 Å². The van der Waals surface area contributed by atoms with Crippen molar-refractivity contribution < 1.29 is 19.7 Å². The number of non-ortho nitro benzene ring substituents is 1. The second-order valence-electron chi connectivity index (χ2n) is 4.81. The van der Waals surface area contributed by atoms with Gasteiger partial charge in [-0.05, 0) is 18.2 Å². The molecule has 0 radical (unpaired) electrons. The maximum atomic E-state index is 10.7. The molecule has 0 fully saturated rings. The highest BCUT2D eigenvalue weighted by molar-refractivity contribution is 5.42. The molecule has 0 aliphatic carbocycles. The molecule has 0 aliphatic heterocycles. The maximum absolute atomic E-state index is 10.7. The van der Waals surface area contributed by atoms with Crippen LogP contribution in [0.5, 0.6) is 11.5 Å². The van der Waals surface area contributed by atoms with Crippen molar-refractivity contribution in [3.05, 3.63) is 63.7 Å².